The van der Waals surface area contributed by atoms with Crippen LogP contribution in [0.15, 0.2) is 134 Å². The Morgan fingerprint density at radius 2 is 1.48 bits per heavy atom. The summed E-state index contributed by atoms with van der Waals surface area (Å²) in [6, 6.07) is 40.7. The maximum atomic E-state index is 13.6. The molecule has 248 valence electrons. The van der Waals surface area contributed by atoms with Crippen LogP contribution in [0.5, 0.6) is 5.75 Å². The Bertz CT molecular complexity index is 2240. The van der Waals surface area contributed by atoms with Crippen LogP contribution < -0.4 is 20.3 Å². The van der Waals surface area contributed by atoms with Gasteiger partial charge >= 0.3 is 0 Å². The van der Waals surface area contributed by atoms with Gasteiger partial charge in [0, 0.05) is 29.5 Å². The van der Waals surface area contributed by atoms with E-state index in [0.29, 0.717) is 41.6 Å². The maximum absolute atomic E-state index is 13.6. The monoisotopic (exact) mass is 661 g/mol. The van der Waals surface area contributed by atoms with Gasteiger partial charge < -0.3 is 20.3 Å². The predicted molar refractivity (Wildman–Crippen MR) is 195 cm³/mol. The van der Waals surface area contributed by atoms with E-state index in [1.54, 1.807) is 12.3 Å². The summed E-state index contributed by atoms with van der Waals surface area (Å²) in [5, 5.41) is 14.8. The summed E-state index contributed by atoms with van der Waals surface area (Å²) in [7, 11) is 0. The first-order chi connectivity index (χ1) is 24.6. The van der Waals surface area contributed by atoms with Crippen LogP contribution in [0.25, 0.3) is 33.2 Å². The third kappa shape index (κ3) is 7.60. The number of aromatic nitrogens is 4. The normalized spacial score (nSPS) is 11.0. The smallest absolute Gasteiger partial charge is 0.257 e. The minimum atomic E-state index is -0.224. The number of amides is 2. The molecule has 50 heavy (non-hydrogen) atoms. The van der Waals surface area contributed by atoms with Crippen LogP contribution in [-0.4, -0.2) is 51.7 Å². The Hall–Kier alpha value is -6.55. The second-order valence-corrected chi connectivity index (χ2v) is 11.7. The number of anilines is 2. The van der Waals surface area contributed by atoms with E-state index in [4.69, 9.17) is 14.7 Å². The minimum absolute atomic E-state index is 0.00204. The van der Waals surface area contributed by atoms with Crippen molar-refractivity contribution in [2.45, 2.75) is 13.0 Å². The summed E-state index contributed by atoms with van der Waals surface area (Å²) in [5.41, 5.74) is 5.11. The van der Waals surface area contributed by atoms with Crippen molar-refractivity contribution in [1.82, 2.24) is 30.8 Å². The molecule has 7 aromatic rings. The molecule has 0 saturated carbocycles. The molecule has 0 aliphatic rings. The lowest BCUT2D eigenvalue weighted by atomic mass is 10.1. The highest BCUT2D eigenvalue weighted by molar-refractivity contribution is 5.97. The largest absolute Gasteiger partial charge is 0.483 e. The molecule has 2 aromatic heterocycles. The number of H-pyrrole nitrogens is 1. The lowest BCUT2D eigenvalue weighted by Crippen LogP contribution is -2.35. The third-order valence-electron chi connectivity index (χ3n) is 8.27. The molecule has 0 unspecified atom stereocenters. The second kappa shape index (κ2) is 15.1. The van der Waals surface area contributed by atoms with Crippen molar-refractivity contribution < 1.29 is 14.3 Å². The van der Waals surface area contributed by atoms with Crippen molar-refractivity contribution >= 4 is 45.1 Å². The highest BCUT2D eigenvalue weighted by Gasteiger charge is 2.22. The van der Waals surface area contributed by atoms with Gasteiger partial charge in [0.05, 0.1) is 22.8 Å². The molecular formula is C40H35N7O3. The SMILES string of the molecule is O=C(COc1ccccc1-c1nc(N(CC(=O)NCc2ccccc2)c2ccc3[nH]ncc3c2)c2ccccc2n1)NCCc1ccccc1. The molecule has 0 spiro atoms. The molecule has 0 aliphatic heterocycles. The van der Waals surface area contributed by atoms with E-state index in [9.17, 15) is 9.59 Å². The zero-order valence-corrected chi connectivity index (χ0v) is 27.3. The number of ether oxygens (including phenoxy) is 1. The number of nitrogens with zero attached hydrogens (tertiary/aromatic N) is 4. The molecule has 2 heterocycles. The molecule has 0 radical (unpaired) electrons. The van der Waals surface area contributed by atoms with Crippen molar-refractivity contribution in [3.63, 3.8) is 0 Å². The van der Waals surface area contributed by atoms with Crippen molar-refractivity contribution in [2.75, 3.05) is 24.6 Å². The molecule has 3 N–H and O–H groups in total. The first kappa shape index (κ1) is 32.0. The lowest BCUT2D eigenvalue weighted by Gasteiger charge is -2.25. The Labute approximate surface area is 289 Å². The van der Waals surface area contributed by atoms with Crippen LogP contribution in [0.2, 0.25) is 0 Å². The van der Waals surface area contributed by atoms with Gasteiger partial charge in [-0.1, -0.05) is 84.9 Å². The number of fused-ring (bicyclic) bond motifs is 2. The van der Waals surface area contributed by atoms with Gasteiger partial charge in [-0.2, -0.15) is 5.10 Å². The lowest BCUT2D eigenvalue weighted by molar-refractivity contribution is -0.123. The fraction of sp³-hybridized carbons (Fsp3) is 0.125. The van der Waals surface area contributed by atoms with Crippen LogP contribution in [-0.2, 0) is 22.6 Å². The molecule has 0 aliphatic carbocycles. The van der Waals surface area contributed by atoms with Crippen molar-refractivity contribution in [1.29, 1.82) is 0 Å². The topological polar surface area (TPSA) is 125 Å². The zero-order valence-electron chi connectivity index (χ0n) is 27.3. The molecule has 0 atom stereocenters. The van der Waals surface area contributed by atoms with Crippen LogP contribution in [0.3, 0.4) is 0 Å². The average molecular weight is 662 g/mol. The number of para-hydroxylation sites is 2. The fourth-order valence-corrected chi connectivity index (χ4v) is 5.73. The van der Waals surface area contributed by atoms with Gasteiger partial charge in [-0.05, 0) is 60.0 Å². The summed E-state index contributed by atoms with van der Waals surface area (Å²) in [5.74, 6) is 1.03. The Morgan fingerprint density at radius 3 is 2.32 bits per heavy atom. The van der Waals surface area contributed by atoms with Gasteiger partial charge in [0.15, 0.2) is 12.4 Å². The average Bonchev–Trinajstić information content (AvgIpc) is 3.64. The number of carbonyl (C=O) groups excluding carboxylic acids is 2. The van der Waals surface area contributed by atoms with E-state index >= 15 is 0 Å². The Balaban J connectivity index is 1.19. The number of aromatic amines is 1. The van der Waals surface area contributed by atoms with Crippen LogP contribution in [0.1, 0.15) is 11.1 Å². The van der Waals surface area contributed by atoms with E-state index < -0.39 is 0 Å². The summed E-state index contributed by atoms with van der Waals surface area (Å²) in [6.45, 7) is 0.738. The molecule has 10 heteroatoms. The van der Waals surface area contributed by atoms with Gasteiger partial charge in [0.25, 0.3) is 5.91 Å². The third-order valence-corrected chi connectivity index (χ3v) is 8.27. The highest BCUT2D eigenvalue weighted by atomic mass is 16.5. The highest BCUT2D eigenvalue weighted by Crippen LogP contribution is 2.35. The van der Waals surface area contributed by atoms with Crippen molar-refractivity contribution in [3.05, 3.63) is 145 Å². The van der Waals surface area contributed by atoms with E-state index in [1.807, 2.05) is 126 Å². The van der Waals surface area contributed by atoms with Gasteiger partial charge in [0.2, 0.25) is 5.91 Å². The van der Waals surface area contributed by atoms with Crippen molar-refractivity contribution in [3.8, 4) is 17.1 Å². The summed E-state index contributed by atoms with van der Waals surface area (Å²) in [6.07, 6.45) is 2.48. The second-order valence-electron chi connectivity index (χ2n) is 11.7. The van der Waals surface area contributed by atoms with E-state index in [1.165, 1.54) is 0 Å². The van der Waals surface area contributed by atoms with E-state index in [-0.39, 0.29) is 25.0 Å². The molecule has 0 fully saturated rings. The number of nitrogens with one attached hydrogen (secondary N) is 3. The summed E-state index contributed by atoms with van der Waals surface area (Å²) < 4.78 is 6.05. The van der Waals surface area contributed by atoms with Gasteiger partial charge in [0.1, 0.15) is 18.1 Å². The number of benzene rings is 5. The molecule has 7 rings (SSSR count). The summed E-state index contributed by atoms with van der Waals surface area (Å²) in [4.78, 5) is 38.2. The molecular weight excluding hydrogens is 626 g/mol. The summed E-state index contributed by atoms with van der Waals surface area (Å²) >= 11 is 0. The number of carbonyl (C=O) groups is 2. The van der Waals surface area contributed by atoms with Gasteiger partial charge in [-0.25, -0.2) is 9.97 Å². The maximum Gasteiger partial charge on any atom is 0.257 e. The van der Waals surface area contributed by atoms with E-state index in [0.717, 1.165) is 39.5 Å². The number of hydrogen-bond acceptors (Lipinski definition) is 7. The zero-order chi connectivity index (χ0) is 34.1. The molecule has 5 aromatic carbocycles. The number of hydrogen-bond donors (Lipinski definition) is 3. The van der Waals surface area contributed by atoms with E-state index in [2.05, 4.69) is 20.8 Å². The quantitative estimate of drug-likeness (QED) is 0.131. The molecule has 10 nitrogen and oxygen atoms in total. The van der Waals surface area contributed by atoms with Crippen LogP contribution in [0.4, 0.5) is 11.5 Å². The van der Waals surface area contributed by atoms with Gasteiger partial charge in [-0.15, -0.1) is 0 Å². The fourth-order valence-electron chi connectivity index (χ4n) is 5.73. The standard InChI is InChI=1S/C40H35N7O3/c48-37(42-24-29-13-5-2-6-14-29)26-47(31-19-20-34-30(23-31)25-43-46-34)40-32-15-7-9-17-35(32)44-39(45-40)33-16-8-10-18-36(33)50-27-38(49)41-22-21-28-11-3-1-4-12-28/h1-20,23,25H,21-22,24,26-27H2,(H,41,49)(H,42,48)(H,43,46). The first-order valence-electron chi connectivity index (χ1n) is 16.4. The molecule has 2 amide bonds. The van der Waals surface area contributed by atoms with Crippen molar-refractivity contribution in [2.24, 2.45) is 0 Å². The predicted octanol–water partition coefficient (Wildman–Crippen LogP) is 6.37. The Kier molecular flexibility index (Phi) is 9.68. The molecule has 0 saturated heterocycles. The molecule has 0 bridgehead atoms. The van der Waals surface area contributed by atoms with Crippen LogP contribution in [0, 0.1) is 0 Å². The Morgan fingerprint density at radius 1 is 0.740 bits per heavy atom. The number of rotatable bonds is 13. The minimum Gasteiger partial charge on any atom is -0.483 e. The first-order valence-corrected chi connectivity index (χ1v) is 16.4. The van der Waals surface area contributed by atoms with Gasteiger partial charge in [-0.3, -0.25) is 14.7 Å². The van der Waals surface area contributed by atoms with Crippen LogP contribution >= 0.6 is 0 Å².